The standard InChI is InChI=1S/C20H21BrFN3O2/c1-14(15-6-2-4-8-17(15)21)23-20(27)25-12-10-24(11-13-25)19(26)16-7-3-5-9-18(16)22/h2-9,14H,10-13H2,1H3,(H,23,27). The lowest BCUT2D eigenvalue weighted by molar-refractivity contribution is 0.0659. The zero-order valence-electron chi connectivity index (χ0n) is 15.0. The van der Waals surface area contributed by atoms with Crippen molar-refractivity contribution in [3.63, 3.8) is 0 Å². The number of urea groups is 1. The third-order valence-corrected chi connectivity index (χ3v) is 5.39. The van der Waals surface area contributed by atoms with Crippen LogP contribution in [0.2, 0.25) is 0 Å². The number of carbonyl (C=O) groups excluding carboxylic acids is 2. The van der Waals surface area contributed by atoms with Gasteiger partial charge in [0.1, 0.15) is 5.82 Å². The molecule has 0 aromatic heterocycles. The van der Waals surface area contributed by atoms with E-state index in [2.05, 4.69) is 21.2 Å². The number of hydrogen-bond acceptors (Lipinski definition) is 2. The lowest BCUT2D eigenvalue weighted by Gasteiger charge is -2.35. The Balaban J connectivity index is 1.56. The number of benzene rings is 2. The molecule has 1 heterocycles. The minimum atomic E-state index is -0.523. The molecule has 3 amide bonds. The Morgan fingerprint density at radius 1 is 1.00 bits per heavy atom. The summed E-state index contributed by atoms with van der Waals surface area (Å²) in [6.45, 7) is 3.51. The van der Waals surface area contributed by atoms with E-state index in [-0.39, 0.29) is 23.5 Å². The van der Waals surface area contributed by atoms with Gasteiger partial charge in [-0.15, -0.1) is 0 Å². The molecule has 1 aliphatic heterocycles. The van der Waals surface area contributed by atoms with Crippen LogP contribution in [0.15, 0.2) is 53.0 Å². The number of halogens is 2. The first-order valence-corrected chi connectivity index (χ1v) is 9.60. The van der Waals surface area contributed by atoms with Crippen molar-refractivity contribution in [2.75, 3.05) is 26.2 Å². The van der Waals surface area contributed by atoms with Crippen molar-refractivity contribution in [1.29, 1.82) is 0 Å². The number of nitrogens with zero attached hydrogens (tertiary/aromatic N) is 2. The van der Waals surface area contributed by atoms with Crippen molar-refractivity contribution in [1.82, 2.24) is 15.1 Å². The number of amides is 3. The summed E-state index contributed by atoms with van der Waals surface area (Å²) in [6, 6.07) is 13.4. The van der Waals surface area contributed by atoms with Gasteiger partial charge >= 0.3 is 6.03 Å². The monoisotopic (exact) mass is 433 g/mol. The normalized spacial score (nSPS) is 15.4. The Morgan fingerprint density at radius 3 is 2.26 bits per heavy atom. The average molecular weight is 434 g/mol. The molecule has 0 saturated carbocycles. The van der Waals surface area contributed by atoms with Crippen LogP contribution in [-0.2, 0) is 0 Å². The summed E-state index contributed by atoms with van der Waals surface area (Å²) < 4.78 is 14.8. The Hall–Kier alpha value is -2.41. The first kappa shape index (κ1) is 19.4. The van der Waals surface area contributed by atoms with Crippen LogP contribution in [0.25, 0.3) is 0 Å². The maximum atomic E-state index is 13.8. The van der Waals surface area contributed by atoms with Gasteiger partial charge in [0.25, 0.3) is 5.91 Å². The van der Waals surface area contributed by atoms with Crippen molar-refractivity contribution in [3.05, 3.63) is 69.9 Å². The Morgan fingerprint density at radius 2 is 1.59 bits per heavy atom. The van der Waals surface area contributed by atoms with Crippen LogP contribution in [0.5, 0.6) is 0 Å². The highest BCUT2D eigenvalue weighted by molar-refractivity contribution is 9.10. The van der Waals surface area contributed by atoms with E-state index in [1.807, 2.05) is 31.2 Å². The molecule has 0 aliphatic carbocycles. The maximum Gasteiger partial charge on any atom is 0.317 e. The highest BCUT2D eigenvalue weighted by atomic mass is 79.9. The second-order valence-corrected chi connectivity index (χ2v) is 7.31. The third kappa shape index (κ3) is 4.47. The summed E-state index contributed by atoms with van der Waals surface area (Å²) in [5.41, 5.74) is 1.07. The minimum absolute atomic E-state index is 0.0675. The van der Waals surface area contributed by atoms with Crippen LogP contribution in [0.3, 0.4) is 0 Å². The van der Waals surface area contributed by atoms with E-state index in [1.165, 1.54) is 12.1 Å². The summed E-state index contributed by atoms with van der Waals surface area (Å²) in [6.07, 6.45) is 0. The topological polar surface area (TPSA) is 52.7 Å². The minimum Gasteiger partial charge on any atom is -0.335 e. The summed E-state index contributed by atoms with van der Waals surface area (Å²) >= 11 is 3.49. The van der Waals surface area contributed by atoms with Crippen LogP contribution in [0, 0.1) is 5.82 Å². The molecule has 1 fully saturated rings. The molecule has 2 aromatic rings. The average Bonchev–Trinajstić information content (AvgIpc) is 2.68. The van der Waals surface area contributed by atoms with E-state index in [0.29, 0.717) is 26.2 Å². The highest BCUT2D eigenvalue weighted by Crippen LogP contribution is 2.23. The Bertz CT molecular complexity index is 837. The van der Waals surface area contributed by atoms with Crippen LogP contribution in [-0.4, -0.2) is 47.9 Å². The molecule has 1 saturated heterocycles. The van der Waals surface area contributed by atoms with Gasteiger partial charge in [0.2, 0.25) is 0 Å². The van der Waals surface area contributed by atoms with E-state index < -0.39 is 5.82 Å². The number of piperazine rings is 1. The molecule has 0 radical (unpaired) electrons. The summed E-state index contributed by atoms with van der Waals surface area (Å²) in [5.74, 6) is -0.861. The van der Waals surface area contributed by atoms with Gasteiger partial charge in [-0.2, -0.15) is 0 Å². The van der Waals surface area contributed by atoms with Crippen molar-refractivity contribution in [3.8, 4) is 0 Å². The Labute approximate surface area is 166 Å². The first-order chi connectivity index (χ1) is 13.0. The van der Waals surface area contributed by atoms with Crippen molar-refractivity contribution < 1.29 is 14.0 Å². The molecule has 3 rings (SSSR count). The number of rotatable bonds is 3. The van der Waals surface area contributed by atoms with Gasteiger partial charge in [-0.1, -0.05) is 46.3 Å². The summed E-state index contributed by atoms with van der Waals surface area (Å²) in [7, 11) is 0. The van der Waals surface area contributed by atoms with Crippen LogP contribution in [0.1, 0.15) is 28.9 Å². The van der Waals surface area contributed by atoms with E-state index in [9.17, 15) is 14.0 Å². The van der Waals surface area contributed by atoms with Crippen molar-refractivity contribution >= 4 is 27.9 Å². The first-order valence-electron chi connectivity index (χ1n) is 8.81. The number of nitrogens with one attached hydrogen (secondary N) is 1. The van der Waals surface area contributed by atoms with Crippen LogP contribution < -0.4 is 5.32 Å². The molecule has 0 bridgehead atoms. The fourth-order valence-electron chi connectivity index (χ4n) is 3.10. The lowest BCUT2D eigenvalue weighted by atomic mass is 10.1. The molecule has 0 spiro atoms. The van der Waals surface area contributed by atoms with E-state index in [1.54, 1.807) is 21.9 Å². The fourth-order valence-corrected chi connectivity index (χ4v) is 3.73. The number of carbonyl (C=O) groups is 2. The second kappa shape index (κ2) is 8.52. The fraction of sp³-hybridized carbons (Fsp3) is 0.300. The van der Waals surface area contributed by atoms with Gasteiger partial charge in [0.05, 0.1) is 11.6 Å². The van der Waals surface area contributed by atoms with Gasteiger partial charge in [-0.3, -0.25) is 4.79 Å². The molecule has 142 valence electrons. The maximum absolute atomic E-state index is 13.8. The zero-order chi connectivity index (χ0) is 19.4. The smallest absolute Gasteiger partial charge is 0.317 e. The molecular weight excluding hydrogens is 413 g/mol. The predicted octanol–water partition coefficient (Wildman–Crippen LogP) is 3.82. The molecule has 1 N–H and O–H groups in total. The largest absolute Gasteiger partial charge is 0.335 e. The molecule has 1 aliphatic rings. The van der Waals surface area contributed by atoms with Crippen LogP contribution >= 0.6 is 15.9 Å². The van der Waals surface area contributed by atoms with Crippen molar-refractivity contribution in [2.45, 2.75) is 13.0 Å². The van der Waals surface area contributed by atoms with E-state index >= 15 is 0 Å². The number of hydrogen-bond donors (Lipinski definition) is 1. The van der Waals surface area contributed by atoms with Crippen molar-refractivity contribution in [2.24, 2.45) is 0 Å². The molecular formula is C20H21BrFN3O2. The lowest BCUT2D eigenvalue weighted by Crippen LogP contribution is -2.53. The third-order valence-electron chi connectivity index (χ3n) is 4.67. The van der Waals surface area contributed by atoms with E-state index in [0.717, 1.165) is 10.0 Å². The van der Waals surface area contributed by atoms with Crippen LogP contribution in [0.4, 0.5) is 9.18 Å². The van der Waals surface area contributed by atoms with Gasteiger partial charge in [0, 0.05) is 30.7 Å². The summed E-state index contributed by atoms with van der Waals surface area (Å²) in [5, 5.41) is 2.99. The molecule has 5 nitrogen and oxygen atoms in total. The highest BCUT2D eigenvalue weighted by Gasteiger charge is 2.26. The van der Waals surface area contributed by atoms with Gasteiger partial charge in [-0.05, 0) is 30.7 Å². The van der Waals surface area contributed by atoms with Gasteiger partial charge in [-0.25, -0.2) is 9.18 Å². The SMILES string of the molecule is CC(NC(=O)N1CCN(C(=O)c2ccccc2F)CC1)c1ccccc1Br. The van der Waals surface area contributed by atoms with Gasteiger partial charge < -0.3 is 15.1 Å². The molecule has 27 heavy (non-hydrogen) atoms. The molecule has 7 heteroatoms. The predicted molar refractivity (Wildman–Crippen MR) is 105 cm³/mol. The zero-order valence-corrected chi connectivity index (χ0v) is 16.6. The molecule has 1 atom stereocenters. The molecule has 1 unspecified atom stereocenters. The quantitative estimate of drug-likeness (QED) is 0.799. The summed E-state index contributed by atoms with van der Waals surface area (Å²) in [4.78, 5) is 28.3. The Kier molecular flexibility index (Phi) is 6.11. The second-order valence-electron chi connectivity index (χ2n) is 6.45. The molecule has 2 aromatic carbocycles. The van der Waals surface area contributed by atoms with Gasteiger partial charge in [0.15, 0.2) is 0 Å². The van der Waals surface area contributed by atoms with E-state index in [4.69, 9.17) is 0 Å².